The van der Waals surface area contributed by atoms with E-state index >= 15 is 0 Å². The highest BCUT2D eigenvalue weighted by molar-refractivity contribution is 7.98. The van der Waals surface area contributed by atoms with E-state index in [1.165, 1.54) is 11.8 Å². The van der Waals surface area contributed by atoms with E-state index in [4.69, 9.17) is 0 Å². The van der Waals surface area contributed by atoms with Crippen LogP contribution in [0.15, 0.2) is 41.0 Å². The number of H-pyrrole nitrogens is 1. The molecule has 0 radical (unpaired) electrons. The van der Waals surface area contributed by atoms with Crippen molar-refractivity contribution in [2.45, 2.75) is 10.9 Å². The molecule has 0 fully saturated rings. The third-order valence-corrected chi connectivity index (χ3v) is 4.41. The lowest BCUT2D eigenvalue weighted by molar-refractivity contribution is -0.380. The maximum absolute atomic E-state index is 10.6. The Morgan fingerprint density at radius 1 is 1.43 bits per heavy atom. The molecule has 0 saturated heterocycles. The number of aromatic nitrogens is 4. The minimum atomic E-state index is -0.384. The van der Waals surface area contributed by atoms with Crippen molar-refractivity contribution >= 4 is 28.1 Å². The highest BCUT2D eigenvalue weighted by Crippen LogP contribution is 2.27. The normalized spacial score (nSPS) is 10.7. The fraction of sp³-hybridized carbons (Fsp3) is 0.0833. The number of hydrogen-bond acceptors (Lipinski definition) is 7. The standard InChI is InChI=1S/C12H9N5O2S2/c18-17(19)10-5-8(6-20-10)7-21-12-14-11(15-16-12)9-3-1-2-4-13-9/h1-6H,7H2,(H,14,15,16). The van der Waals surface area contributed by atoms with E-state index in [0.29, 0.717) is 16.7 Å². The zero-order chi connectivity index (χ0) is 14.7. The molecule has 0 amide bonds. The van der Waals surface area contributed by atoms with Gasteiger partial charge in [0.05, 0.1) is 4.92 Å². The second kappa shape index (κ2) is 6.02. The number of thiophene rings is 1. The van der Waals surface area contributed by atoms with Gasteiger partial charge in [0.15, 0.2) is 5.82 Å². The summed E-state index contributed by atoms with van der Waals surface area (Å²) in [6, 6.07) is 7.13. The predicted molar refractivity (Wildman–Crippen MR) is 80.1 cm³/mol. The van der Waals surface area contributed by atoms with Gasteiger partial charge >= 0.3 is 5.00 Å². The molecule has 106 valence electrons. The van der Waals surface area contributed by atoms with Crippen LogP contribution in [0.3, 0.4) is 0 Å². The number of rotatable bonds is 5. The van der Waals surface area contributed by atoms with Crippen molar-refractivity contribution in [1.29, 1.82) is 0 Å². The Bertz CT molecular complexity index is 756. The molecule has 0 aliphatic heterocycles. The van der Waals surface area contributed by atoms with Crippen LogP contribution in [0.2, 0.25) is 0 Å². The van der Waals surface area contributed by atoms with Crippen molar-refractivity contribution in [1.82, 2.24) is 20.2 Å². The maximum atomic E-state index is 10.6. The number of pyridine rings is 1. The van der Waals surface area contributed by atoms with Crippen molar-refractivity contribution in [2.75, 3.05) is 0 Å². The fourth-order valence-electron chi connectivity index (χ4n) is 1.61. The van der Waals surface area contributed by atoms with Gasteiger partial charge in [-0.25, -0.2) is 0 Å². The quantitative estimate of drug-likeness (QED) is 0.441. The maximum Gasteiger partial charge on any atom is 0.324 e. The number of nitro groups is 1. The molecule has 7 nitrogen and oxygen atoms in total. The van der Waals surface area contributed by atoms with Crippen LogP contribution in [0.25, 0.3) is 11.5 Å². The van der Waals surface area contributed by atoms with Crippen molar-refractivity contribution in [3.8, 4) is 11.5 Å². The zero-order valence-electron chi connectivity index (χ0n) is 10.6. The van der Waals surface area contributed by atoms with Gasteiger partial charge in [-0.3, -0.25) is 20.2 Å². The topological polar surface area (TPSA) is 97.6 Å². The number of hydrogen-bond donors (Lipinski definition) is 1. The molecule has 21 heavy (non-hydrogen) atoms. The van der Waals surface area contributed by atoms with E-state index < -0.39 is 0 Å². The van der Waals surface area contributed by atoms with Gasteiger partial charge < -0.3 is 0 Å². The molecule has 0 aromatic carbocycles. The Morgan fingerprint density at radius 2 is 2.33 bits per heavy atom. The summed E-state index contributed by atoms with van der Waals surface area (Å²) in [6.45, 7) is 0. The van der Waals surface area contributed by atoms with Crippen molar-refractivity contribution in [3.05, 3.63) is 51.5 Å². The van der Waals surface area contributed by atoms with Crippen molar-refractivity contribution in [2.24, 2.45) is 0 Å². The predicted octanol–water partition coefficient (Wildman–Crippen LogP) is 3.13. The third-order valence-electron chi connectivity index (χ3n) is 2.56. The summed E-state index contributed by atoms with van der Waals surface area (Å²) in [4.78, 5) is 18.8. The molecule has 0 atom stereocenters. The van der Waals surface area contributed by atoms with Gasteiger partial charge in [-0.05, 0) is 17.7 Å². The van der Waals surface area contributed by atoms with E-state index in [-0.39, 0.29) is 9.92 Å². The van der Waals surface area contributed by atoms with Crippen LogP contribution in [0.1, 0.15) is 5.56 Å². The van der Waals surface area contributed by atoms with Gasteiger partial charge in [-0.1, -0.05) is 29.2 Å². The molecule has 3 aromatic rings. The Kier molecular flexibility index (Phi) is 3.93. The Balaban J connectivity index is 1.66. The van der Waals surface area contributed by atoms with Crippen LogP contribution < -0.4 is 0 Å². The summed E-state index contributed by atoms with van der Waals surface area (Å²) in [5.41, 5.74) is 1.61. The monoisotopic (exact) mass is 319 g/mol. The number of nitrogens with zero attached hydrogens (tertiary/aromatic N) is 4. The minimum Gasteiger partial charge on any atom is -0.258 e. The average molecular weight is 319 g/mol. The molecular weight excluding hydrogens is 310 g/mol. The van der Waals surface area contributed by atoms with Gasteiger partial charge in [0.1, 0.15) is 5.69 Å². The van der Waals surface area contributed by atoms with Gasteiger partial charge in [0, 0.05) is 23.4 Å². The van der Waals surface area contributed by atoms with Crippen molar-refractivity contribution in [3.63, 3.8) is 0 Å². The second-order valence-electron chi connectivity index (χ2n) is 4.02. The van der Waals surface area contributed by atoms with Gasteiger partial charge in [-0.2, -0.15) is 4.98 Å². The van der Waals surface area contributed by atoms with Gasteiger partial charge in [0.25, 0.3) is 0 Å². The summed E-state index contributed by atoms with van der Waals surface area (Å²) in [5, 5.41) is 20.1. The first-order valence-electron chi connectivity index (χ1n) is 5.91. The van der Waals surface area contributed by atoms with Crippen LogP contribution in [-0.4, -0.2) is 25.1 Å². The summed E-state index contributed by atoms with van der Waals surface area (Å²) in [5.74, 6) is 1.19. The number of thioether (sulfide) groups is 1. The molecule has 3 aromatic heterocycles. The lowest BCUT2D eigenvalue weighted by Crippen LogP contribution is -1.84. The van der Waals surface area contributed by atoms with E-state index in [2.05, 4.69) is 20.2 Å². The van der Waals surface area contributed by atoms with Crippen LogP contribution >= 0.6 is 23.1 Å². The molecule has 3 heterocycles. The molecule has 0 saturated carbocycles. The van der Waals surface area contributed by atoms with Crippen LogP contribution in [0, 0.1) is 10.1 Å². The molecule has 0 unspecified atom stereocenters. The van der Waals surface area contributed by atoms with Crippen molar-refractivity contribution < 1.29 is 4.92 Å². The fourth-order valence-corrected chi connectivity index (χ4v) is 3.17. The molecule has 0 spiro atoms. The summed E-state index contributed by atoms with van der Waals surface area (Å²) in [7, 11) is 0. The average Bonchev–Trinajstić information content (AvgIpc) is 3.15. The Morgan fingerprint density at radius 3 is 3.05 bits per heavy atom. The van der Waals surface area contributed by atoms with E-state index in [9.17, 15) is 10.1 Å². The van der Waals surface area contributed by atoms with E-state index in [1.54, 1.807) is 17.6 Å². The first-order chi connectivity index (χ1) is 10.2. The first-order valence-corrected chi connectivity index (χ1v) is 7.77. The number of aromatic amines is 1. The smallest absolute Gasteiger partial charge is 0.258 e. The second-order valence-corrected chi connectivity index (χ2v) is 5.85. The highest BCUT2D eigenvalue weighted by Gasteiger charge is 2.11. The summed E-state index contributed by atoms with van der Waals surface area (Å²) < 4.78 is 0. The van der Waals surface area contributed by atoms with E-state index in [0.717, 1.165) is 22.6 Å². The summed E-state index contributed by atoms with van der Waals surface area (Å²) in [6.07, 6.45) is 1.69. The third kappa shape index (κ3) is 3.26. The lowest BCUT2D eigenvalue weighted by Gasteiger charge is -1.93. The molecule has 0 bridgehead atoms. The molecule has 0 aliphatic rings. The molecule has 0 aliphatic carbocycles. The molecule has 1 N–H and O–H groups in total. The highest BCUT2D eigenvalue weighted by atomic mass is 32.2. The molecular formula is C12H9N5O2S2. The van der Waals surface area contributed by atoms with Gasteiger partial charge in [-0.15, -0.1) is 5.10 Å². The largest absolute Gasteiger partial charge is 0.324 e. The molecule has 3 rings (SSSR count). The van der Waals surface area contributed by atoms with Crippen LogP contribution in [0.4, 0.5) is 5.00 Å². The van der Waals surface area contributed by atoms with Gasteiger partial charge in [0.2, 0.25) is 5.16 Å². The minimum absolute atomic E-state index is 0.148. The van der Waals surface area contributed by atoms with E-state index in [1.807, 2.05) is 18.2 Å². The first kappa shape index (κ1) is 13.7. The molecule has 9 heteroatoms. The van der Waals surface area contributed by atoms with Crippen LogP contribution in [0.5, 0.6) is 0 Å². The Hall–Kier alpha value is -2.26. The summed E-state index contributed by atoms with van der Waals surface area (Å²) >= 11 is 2.54. The number of nitrogens with one attached hydrogen (secondary N) is 1. The lowest BCUT2D eigenvalue weighted by atomic mass is 10.3. The van der Waals surface area contributed by atoms with Crippen LogP contribution in [-0.2, 0) is 5.75 Å². The Labute approximate surface area is 127 Å². The SMILES string of the molecule is O=[N+]([O-])c1cc(CSc2n[nH]c(-c3ccccn3)n2)cs1. The zero-order valence-corrected chi connectivity index (χ0v) is 12.2.